The van der Waals surface area contributed by atoms with Crippen molar-refractivity contribution in [2.24, 2.45) is 11.8 Å². The number of nitrogens with one attached hydrogen (secondary N) is 1. The summed E-state index contributed by atoms with van der Waals surface area (Å²) >= 11 is 9.16. The molecule has 3 unspecified atom stereocenters. The Bertz CT molecular complexity index is 485. The fraction of sp³-hybridized carbons (Fsp3) is 0.769. The highest BCUT2D eigenvalue weighted by Crippen LogP contribution is 2.58. The number of hydrogen-bond acceptors (Lipinski definition) is 3. The van der Waals surface area contributed by atoms with E-state index < -0.39 is 0 Å². The van der Waals surface area contributed by atoms with Crippen LogP contribution in [0, 0.1) is 15.8 Å². The van der Waals surface area contributed by atoms with Crippen LogP contribution in [0.5, 0.6) is 0 Å². The van der Waals surface area contributed by atoms with Crippen molar-refractivity contribution in [2.45, 2.75) is 55.7 Å². The van der Waals surface area contributed by atoms with Crippen molar-refractivity contribution in [2.75, 3.05) is 0 Å². The first kappa shape index (κ1) is 12.2. The molecule has 94 valence electrons. The van der Waals surface area contributed by atoms with Gasteiger partial charge in [-0.25, -0.2) is 0 Å². The first-order valence-electron chi connectivity index (χ1n) is 6.39. The SMILES string of the molecule is CC1CCC2C(C1)c1sc(=S)[nH]c1SC2(C)C. The summed E-state index contributed by atoms with van der Waals surface area (Å²) in [7, 11) is 0. The van der Waals surface area contributed by atoms with E-state index in [1.54, 1.807) is 4.88 Å². The molecular weight excluding hydrogens is 266 g/mol. The minimum absolute atomic E-state index is 0.358. The van der Waals surface area contributed by atoms with Gasteiger partial charge in [0.1, 0.15) is 0 Å². The molecule has 1 aliphatic carbocycles. The Morgan fingerprint density at radius 3 is 2.88 bits per heavy atom. The van der Waals surface area contributed by atoms with Crippen LogP contribution in [0.15, 0.2) is 5.03 Å². The van der Waals surface area contributed by atoms with Gasteiger partial charge in [-0.1, -0.05) is 27.2 Å². The molecule has 1 N–H and O–H groups in total. The minimum atomic E-state index is 0.358. The topological polar surface area (TPSA) is 15.8 Å². The Balaban J connectivity index is 2.07. The third kappa shape index (κ3) is 2.02. The van der Waals surface area contributed by atoms with Crippen molar-refractivity contribution in [1.29, 1.82) is 0 Å². The summed E-state index contributed by atoms with van der Waals surface area (Å²) in [6, 6.07) is 0. The molecule has 0 bridgehead atoms. The number of aromatic amines is 1. The smallest absolute Gasteiger partial charge is 0.159 e. The van der Waals surface area contributed by atoms with Crippen molar-refractivity contribution in [1.82, 2.24) is 4.98 Å². The van der Waals surface area contributed by atoms with Crippen molar-refractivity contribution < 1.29 is 0 Å². The minimum Gasteiger partial charge on any atom is -0.332 e. The maximum absolute atomic E-state index is 5.33. The van der Waals surface area contributed by atoms with Gasteiger partial charge in [-0.2, -0.15) is 0 Å². The fourth-order valence-electron chi connectivity index (χ4n) is 3.49. The zero-order valence-corrected chi connectivity index (χ0v) is 13.0. The van der Waals surface area contributed by atoms with Gasteiger partial charge in [0.2, 0.25) is 0 Å². The van der Waals surface area contributed by atoms with E-state index in [1.165, 1.54) is 24.3 Å². The van der Waals surface area contributed by atoms with Gasteiger partial charge in [0.25, 0.3) is 0 Å². The van der Waals surface area contributed by atoms with Gasteiger partial charge in [-0.15, -0.1) is 23.1 Å². The molecule has 0 aromatic carbocycles. The normalized spacial score (nSPS) is 35.1. The lowest BCUT2D eigenvalue weighted by atomic mass is 9.69. The highest BCUT2D eigenvalue weighted by atomic mass is 32.2. The zero-order chi connectivity index (χ0) is 12.2. The standard InChI is InChI=1S/C13H19NS3/c1-7-4-5-9-8(6-7)10-11(14-12(15)16-10)17-13(9,2)3/h7-9H,4-6H2,1-3H3,(H,14,15). The largest absolute Gasteiger partial charge is 0.332 e. The molecule has 1 aromatic rings. The van der Waals surface area contributed by atoms with Gasteiger partial charge in [-0.05, 0) is 36.9 Å². The van der Waals surface area contributed by atoms with Crippen LogP contribution in [-0.4, -0.2) is 9.73 Å². The molecule has 0 amide bonds. The van der Waals surface area contributed by atoms with Crippen LogP contribution in [0.25, 0.3) is 0 Å². The van der Waals surface area contributed by atoms with E-state index in [0.29, 0.717) is 4.75 Å². The van der Waals surface area contributed by atoms with Gasteiger partial charge < -0.3 is 4.98 Å². The van der Waals surface area contributed by atoms with Crippen LogP contribution in [0.2, 0.25) is 0 Å². The predicted molar refractivity (Wildman–Crippen MR) is 78.7 cm³/mol. The summed E-state index contributed by atoms with van der Waals surface area (Å²) in [5.41, 5.74) is 0. The summed E-state index contributed by atoms with van der Waals surface area (Å²) in [5, 5.41) is 1.36. The lowest BCUT2D eigenvalue weighted by Crippen LogP contribution is -2.39. The van der Waals surface area contributed by atoms with E-state index in [9.17, 15) is 0 Å². The van der Waals surface area contributed by atoms with Crippen LogP contribution in [0.3, 0.4) is 0 Å². The lowest BCUT2D eigenvalue weighted by molar-refractivity contribution is 0.210. The average molecular weight is 286 g/mol. The van der Waals surface area contributed by atoms with Gasteiger partial charge >= 0.3 is 0 Å². The molecule has 0 saturated heterocycles. The van der Waals surface area contributed by atoms with Crippen LogP contribution in [-0.2, 0) is 0 Å². The highest BCUT2D eigenvalue weighted by Gasteiger charge is 2.45. The van der Waals surface area contributed by atoms with Gasteiger partial charge in [-0.3, -0.25) is 0 Å². The molecule has 1 aromatic heterocycles. The molecule has 1 nitrogen and oxygen atoms in total. The van der Waals surface area contributed by atoms with Crippen LogP contribution >= 0.6 is 35.3 Å². The van der Waals surface area contributed by atoms with Crippen LogP contribution < -0.4 is 0 Å². The maximum atomic E-state index is 5.33. The second kappa shape index (κ2) is 4.10. The Morgan fingerprint density at radius 1 is 1.35 bits per heavy atom. The molecule has 0 radical (unpaired) electrons. The van der Waals surface area contributed by atoms with E-state index in [2.05, 4.69) is 25.8 Å². The Labute approximate surface area is 116 Å². The summed E-state index contributed by atoms with van der Waals surface area (Å²) in [6.07, 6.45) is 4.14. The molecule has 3 atom stereocenters. The second-order valence-electron chi connectivity index (χ2n) is 6.04. The highest BCUT2D eigenvalue weighted by molar-refractivity contribution is 8.00. The monoisotopic (exact) mass is 285 g/mol. The molecule has 1 fully saturated rings. The molecule has 0 spiro atoms. The number of thiazole rings is 1. The second-order valence-corrected chi connectivity index (χ2v) is 9.43. The van der Waals surface area contributed by atoms with E-state index in [-0.39, 0.29) is 0 Å². The molecule has 3 rings (SSSR count). The molecule has 2 heterocycles. The summed E-state index contributed by atoms with van der Waals surface area (Å²) in [6.45, 7) is 7.21. The first-order valence-corrected chi connectivity index (χ1v) is 8.43. The molecule has 17 heavy (non-hydrogen) atoms. The lowest BCUT2D eigenvalue weighted by Gasteiger charge is -2.46. The average Bonchev–Trinajstić information content (AvgIpc) is 2.57. The van der Waals surface area contributed by atoms with Crippen molar-refractivity contribution in [3.8, 4) is 0 Å². The Morgan fingerprint density at radius 2 is 2.12 bits per heavy atom. The van der Waals surface area contributed by atoms with Gasteiger partial charge in [0.15, 0.2) is 3.95 Å². The Kier molecular flexibility index (Phi) is 2.96. The molecule has 2 aliphatic rings. The third-order valence-electron chi connectivity index (χ3n) is 4.35. The van der Waals surface area contributed by atoms with Crippen molar-refractivity contribution >= 4 is 35.3 Å². The molecule has 1 saturated carbocycles. The number of H-pyrrole nitrogens is 1. The quantitative estimate of drug-likeness (QED) is 0.658. The number of fused-ring (bicyclic) bond motifs is 3. The number of aromatic nitrogens is 1. The third-order valence-corrected chi connectivity index (χ3v) is 7.20. The molecule has 1 aliphatic heterocycles. The van der Waals surface area contributed by atoms with Crippen molar-refractivity contribution in [3.05, 3.63) is 8.83 Å². The molecule has 4 heteroatoms. The fourth-order valence-corrected chi connectivity index (χ4v) is 6.51. The van der Waals surface area contributed by atoms with E-state index in [0.717, 1.165) is 21.7 Å². The number of rotatable bonds is 0. The first-order chi connectivity index (χ1) is 7.97. The summed E-state index contributed by atoms with van der Waals surface area (Å²) in [5.74, 6) is 2.46. The van der Waals surface area contributed by atoms with Crippen LogP contribution in [0.4, 0.5) is 0 Å². The van der Waals surface area contributed by atoms with E-state index in [4.69, 9.17) is 12.2 Å². The maximum Gasteiger partial charge on any atom is 0.159 e. The van der Waals surface area contributed by atoms with E-state index >= 15 is 0 Å². The Hall–Kier alpha value is 0.200. The van der Waals surface area contributed by atoms with Gasteiger partial charge in [0.05, 0.1) is 5.03 Å². The summed E-state index contributed by atoms with van der Waals surface area (Å²) < 4.78 is 1.31. The van der Waals surface area contributed by atoms with Gasteiger partial charge in [0, 0.05) is 15.5 Å². The number of thioether (sulfide) groups is 1. The predicted octanol–water partition coefficient (Wildman–Crippen LogP) is 5.21. The van der Waals surface area contributed by atoms with Crippen molar-refractivity contribution in [3.63, 3.8) is 0 Å². The zero-order valence-electron chi connectivity index (χ0n) is 10.6. The van der Waals surface area contributed by atoms with Crippen LogP contribution in [0.1, 0.15) is 50.8 Å². The van der Waals surface area contributed by atoms with E-state index in [1.807, 2.05) is 23.1 Å². The number of hydrogen-bond donors (Lipinski definition) is 1. The summed E-state index contributed by atoms with van der Waals surface area (Å²) in [4.78, 5) is 4.95. The molecular formula is C13H19NS3.